The number of hydrogen-bond donors (Lipinski definition) is 2. The standard InChI is InChI=1S/C37H56O2/c1-2-3-4-5-6-7-8-9-10-11-30-12-14-31(15-13-30)16-17-32-26-28-37(29-27-32,33-18-22-35(38)23-19-33)34-20-24-36(39)25-21-34/h18-25,30-32,38-39H,2-17,26-29H2,1H3. The van der Waals surface area contributed by atoms with Crippen LogP contribution in [0.1, 0.15) is 146 Å². The van der Waals surface area contributed by atoms with Crippen molar-refractivity contribution in [3.8, 4) is 11.5 Å². The van der Waals surface area contributed by atoms with Gasteiger partial charge in [0.05, 0.1) is 0 Å². The number of phenols is 2. The number of phenolic OH excluding ortho intramolecular Hbond substituents is 2. The molecule has 0 aromatic heterocycles. The highest BCUT2D eigenvalue weighted by Gasteiger charge is 2.38. The SMILES string of the molecule is CCCCCCCCCCCC1CCC(CCC2CCC(c3ccc(O)cc3)(c3ccc(O)cc3)CC2)CC1. The van der Waals surface area contributed by atoms with E-state index in [1.165, 1.54) is 127 Å². The highest BCUT2D eigenvalue weighted by Crippen LogP contribution is 2.48. The van der Waals surface area contributed by atoms with Crippen molar-refractivity contribution in [2.75, 3.05) is 0 Å². The summed E-state index contributed by atoms with van der Waals surface area (Å²) in [4.78, 5) is 0. The van der Waals surface area contributed by atoms with Crippen LogP contribution in [0.25, 0.3) is 0 Å². The van der Waals surface area contributed by atoms with Gasteiger partial charge in [0, 0.05) is 5.41 Å². The molecule has 2 aromatic rings. The van der Waals surface area contributed by atoms with Crippen molar-refractivity contribution in [2.24, 2.45) is 17.8 Å². The molecule has 0 atom stereocenters. The monoisotopic (exact) mass is 532 g/mol. The van der Waals surface area contributed by atoms with Gasteiger partial charge >= 0.3 is 0 Å². The number of rotatable bonds is 15. The Morgan fingerprint density at radius 2 is 0.897 bits per heavy atom. The summed E-state index contributed by atoms with van der Waals surface area (Å²) in [6, 6.07) is 15.7. The summed E-state index contributed by atoms with van der Waals surface area (Å²) >= 11 is 0. The Kier molecular flexibility index (Phi) is 12.1. The fourth-order valence-corrected chi connectivity index (χ4v) is 7.79. The summed E-state index contributed by atoms with van der Waals surface area (Å²) in [5, 5.41) is 19.7. The third-order valence-corrected chi connectivity index (χ3v) is 10.5. The Bertz CT molecular complexity index is 867. The van der Waals surface area contributed by atoms with Gasteiger partial charge in [-0.25, -0.2) is 0 Å². The largest absolute Gasteiger partial charge is 0.508 e. The van der Waals surface area contributed by atoms with Crippen molar-refractivity contribution in [1.82, 2.24) is 0 Å². The van der Waals surface area contributed by atoms with Crippen LogP contribution in [0, 0.1) is 17.8 Å². The minimum atomic E-state index is -0.00892. The molecule has 0 bridgehead atoms. The van der Waals surface area contributed by atoms with Crippen LogP contribution in [0.15, 0.2) is 48.5 Å². The molecule has 0 spiro atoms. The van der Waals surface area contributed by atoms with Crippen molar-refractivity contribution in [2.45, 2.75) is 141 Å². The van der Waals surface area contributed by atoms with Gasteiger partial charge in [-0.3, -0.25) is 0 Å². The fourth-order valence-electron chi connectivity index (χ4n) is 7.79. The molecule has 0 aliphatic heterocycles. The molecule has 2 saturated carbocycles. The Morgan fingerprint density at radius 1 is 0.513 bits per heavy atom. The number of benzene rings is 2. The lowest BCUT2D eigenvalue weighted by atomic mass is 9.62. The van der Waals surface area contributed by atoms with Crippen LogP contribution in [0.2, 0.25) is 0 Å². The molecule has 0 heterocycles. The Labute approximate surface area is 239 Å². The summed E-state index contributed by atoms with van der Waals surface area (Å²) in [5.74, 6) is 3.47. The van der Waals surface area contributed by atoms with E-state index in [0.29, 0.717) is 11.5 Å². The maximum atomic E-state index is 9.87. The van der Waals surface area contributed by atoms with Gasteiger partial charge in [0.15, 0.2) is 0 Å². The lowest BCUT2D eigenvalue weighted by molar-refractivity contribution is 0.208. The summed E-state index contributed by atoms with van der Waals surface area (Å²) in [6.07, 6.45) is 28.1. The van der Waals surface area contributed by atoms with Gasteiger partial charge in [-0.2, -0.15) is 0 Å². The van der Waals surface area contributed by atoms with Gasteiger partial charge in [0.2, 0.25) is 0 Å². The molecule has 0 saturated heterocycles. The van der Waals surface area contributed by atoms with E-state index in [0.717, 1.165) is 30.6 Å². The molecule has 2 heteroatoms. The molecule has 2 nitrogen and oxygen atoms in total. The zero-order valence-electron chi connectivity index (χ0n) is 24.9. The third-order valence-electron chi connectivity index (χ3n) is 10.5. The first-order chi connectivity index (χ1) is 19.1. The minimum Gasteiger partial charge on any atom is -0.508 e. The van der Waals surface area contributed by atoms with E-state index in [1.54, 1.807) is 0 Å². The summed E-state index contributed by atoms with van der Waals surface area (Å²) < 4.78 is 0. The zero-order chi connectivity index (χ0) is 27.3. The fraction of sp³-hybridized carbons (Fsp3) is 0.676. The van der Waals surface area contributed by atoms with Crippen LogP contribution in [0.3, 0.4) is 0 Å². The smallest absolute Gasteiger partial charge is 0.115 e. The quantitative estimate of drug-likeness (QED) is 0.224. The predicted octanol–water partition coefficient (Wildman–Crippen LogP) is 11.1. The van der Waals surface area contributed by atoms with E-state index < -0.39 is 0 Å². The van der Waals surface area contributed by atoms with Crippen molar-refractivity contribution < 1.29 is 10.2 Å². The minimum absolute atomic E-state index is 0.00892. The van der Waals surface area contributed by atoms with Crippen LogP contribution in [-0.4, -0.2) is 10.2 Å². The highest BCUT2D eigenvalue weighted by atomic mass is 16.3. The van der Waals surface area contributed by atoms with Crippen molar-refractivity contribution in [1.29, 1.82) is 0 Å². The molecule has 2 aromatic carbocycles. The molecule has 216 valence electrons. The van der Waals surface area contributed by atoms with Crippen molar-refractivity contribution in [3.05, 3.63) is 59.7 Å². The lowest BCUT2D eigenvalue weighted by Crippen LogP contribution is -2.33. The van der Waals surface area contributed by atoms with Gasteiger partial charge in [0.1, 0.15) is 11.5 Å². The Balaban J connectivity index is 1.15. The van der Waals surface area contributed by atoms with E-state index in [1.807, 2.05) is 24.3 Å². The topological polar surface area (TPSA) is 40.5 Å². The predicted molar refractivity (Wildman–Crippen MR) is 165 cm³/mol. The van der Waals surface area contributed by atoms with Crippen LogP contribution >= 0.6 is 0 Å². The van der Waals surface area contributed by atoms with Gasteiger partial charge in [0.25, 0.3) is 0 Å². The van der Waals surface area contributed by atoms with E-state index in [-0.39, 0.29) is 5.41 Å². The second-order valence-electron chi connectivity index (χ2n) is 13.2. The van der Waals surface area contributed by atoms with E-state index >= 15 is 0 Å². The molecule has 39 heavy (non-hydrogen) atoms. The molecule has 2 fully saturated rings. The molecule has 2 aliphatic carbocycles. The second kappa shape index (κ2) is 15.7. The zero-order valence-corrected chi connectivity index (χ0v) is 24.9. The van der Waals surface area contributed by atoms with Crippen LogP contribution < -0.4 is 0 Å². The average Bonchev–Trinajstić information content (AvgIpc) is 2.97. The Hall–Kier alpha value is -1.96. The first-order valence-corrected chi connectivity index (χ1v) is 16.7. The Morgan fingerprint density at radius 3 is 1.36 bits per heavy atom. The number of aromatic hydroxyl groups is 2. The van der Waals surface area contributed by atoms with Crippen molar-refractivity contribution >= 4 is 0 Å². The van der Waals surface area contributed by atoms with E-state index in [9.17, 15) is 10.2 Å². The van der Waals surface area contributed by atoms with Gasteiger partial charge < -0.3 is 10.2 Å². The molecule has 4 rings (SSSR count). The number of hydrogen-bond acceptors (Lipinski definition) is 2. The molecule has 2 aliphatic rings. The molecular weight excluding hydrogens is 476 g/mol. The van der Waals surface area contributed by atoms with Gasteiger partial charge in [-0.1, -0.05) is 134 Å². The normalized spacial score (nSPS) is 21.7. The summed E-state index contributed by atoms with van der Waals surface area (Å²) in [7, 11) is 0. The summed E-state index contributed by atoms with van der Waals surface area (Å²) in [6.45, 7) is 2.30. The van der Waals surface area contributed by atoms with Crippen molar-refractivity contribution in [3.63, 3.8) is 0 Å². The maximum absolute atomic E-state index is 9.87. The first kappa shape index (κ1) is 30.0. The molecule has 2 N–H and O–H groups in total. The first-order valence-electron chi connectivity index (χ1n) is 16.7. The molecule has 0 unspecified atom stereocenters. The third kappa shape index (κ3) is 9.02. The molecule has 0 amide bonds. The second-order valence-corrected chi connectivity index (χ2v) is 13.2. The van der Waals surface area contributed by atoms with Crippen LogP contribution in [0.4, 0.5) is 0 Å². The highest BCUT2D eigenvalue weighted by molar-refractivity contribution is 5.43. The van der Waals surface area contributed by atoms with Crippen LogP contribution in [-0.2, 0) is 5.41 Å². The van der Waals surface area contributed by atoms with Crippen LogP contribution in [0.5, 0.6) is 11.5 Å². The van der Waals surface area contributed by atoms with Gasteiger partial charge in [-0.05, 0) is 78.8 Å². The number of unbranched alkanes of at least 4 members (excludes halogenated alkanes) is 8. The van der Waals surface area contributed by atoms with E-state index in [2.05, 4.69) is 31.2 Å². The molecule has 0 radical (unpaired) electrons. The van der Waals surface area contributed by atoms with Gasteiger partial charge in [-0.15, -0.1) is 0 Å². The average molecular weight is 533 g/mol. The lowest BCUT2D eigenvalue weighted by Gasteiger charge is -2.42. The maximum Gasteiger partial charge on any atom is 0.115 e. The van der Waals surface area contributed by atoms with E-state index in [4.69, 9.17) is 0 Å². The summed E-state index contributed by atoms with van der Waals surface area (Å²) in [5.41, 5.74) is 2.59. The molecular formula is C37H56O2.